The van der Waals surface area contributed by atoms with Crippen molar-refractivity contribution in [3.63, 3.8) is 0 Å². The molecule has 1 aliphatic rings. The molecule has 27 heavy (non-hydrogen) atoms. The molecule has 1 fully saturated rings. The number of morpholine rings is 1. The summed E-state index contributed by atoms with van der Waals surface area (Å²) in [6, 6.07) is 7.61. The number of ether oxygens (including phenoxy) is 1. The lowest BCUT2D eigenvalue weighted by Crippen LogP contribution is -2.43. The normalized spacial score (nSPS) is 15.6. The standard InChI is InChI=1S/C19H23N5O3/c1-19(2,3)17-20-14-7-5-4-6-13(14)16-21-23(18(26)24(16)17)12-15(25)22-8-10-27-11-9-22/h4-7H,8-12H2,1-3H3. The van der Waals surface area contributed by atoms with Crippen LogP contribution in [0.1, 0.15) is 26.6 Å². The van der Waals surface area contributed by atoms with E-state index in [-0.39, 0.29) is 23.6 Å². The summed E-state index contributed by atoms with van der Waals surface area (Å²) in [7, 11) is 0. The van der Waals surface area contributed by atoms with Crippen LogP contribution in [0.4, 0.5) is 0 Å². The molecule has 2 aromatic heterocycles. The van der Waals surface area contributed by atoms with Crippen LogP contribution in [0.25, 0.3) is 16.6 Å². The van der Waals surface area contributed by atoms with Gasteiger partial charge in [-0.05, 0) is 12.1 Å². The van der Waals surface area contributed by atoms with Crippen molar-refractivity contribution in [3.8, 4) is 0 Å². The maximum Gasteiger partial charge on any atom is 0.352 e. The number of aromatic nitrogens is 4. The van der Waals surface area contributed by atoms with Crippen molar-refractivity contribution in [3.05, 3.63) is 40.6 Å². The first-order chi connectivity index (χ1) is 12.9. The van der Waals surface area contributed by atoms with E-state index >= 15 is 0 Å². The number of hydrogen-bond acceptors (Lipinski definition) is 5. The summed E-state index contributed by atoms with van der Waals surface area (Å²) in [5.74, 6) is 0.504. The second-order valence-electron chi connectivity index (χ2n) is 7.79. The third-order valence-corrected chi connectivity index (χ3v) is 4.74. The number of rotatable bonds is 2. The van der Waals surface area contributed by atoms with Gasteiger partial charge in [-0.3, -0.25) is 4.79 Å². The molecule has 0 radical (unpaired) electrons. The monoisotopic (exact) mass is 369 g/mol. The van der Waals surface area contributed by atoms with Crippen LogP contribution in [0.3, 0.4) is 0 Å². The Balaban J connectivity index is 1.86. The summed E-state index contributed by atoms with van der Waals surface area (Å²) in [4.78, 5) is 32.1. The van der Waals surface area contributed by atoms with Gasteiger partial charge in [-0.25, -0.2) is 18.9 Å². The highest BCUT2D eigenvalue weighted by molar-refractivity contribution is 5.91. The number of amides is 1. The van der Waals surface area contributed by atoms with Crippen molar-refractivity contribution in [2.24, 2.45) is 0 Å². The molecular weight excluding hydrogens is 346 g/mol. The highest BCUT2D eigenvalue weighted by atomic mass is 16.5. The van der Waals surface area contributed by atoms with Gasteiger partial charge >= 0.3 is 5.69 Å². The smallest absolute Gasteiger partial charge is 0.352 e. The molecule has 1 amide bonds. The molecular formula is C19H23N5O3. The summed E-state index contributed by atoms with van der Waals surface area (Å²) in [6.07, 6.45) is 0. The van der Waals surface area contributed by atoms with E-state index in [4.69, 9.17) is 9.72 Å². The average molecular weight is 369 g/mol. The molecule has 0 aliphatic carbocycles. The zero-order chi connectivity index (χ0) is 19.2. The van der Waals surface area contributed by atoms with Crippen molar-refractivity contribution in [2.75, 3.05) is 26.3 Å². The summed E-state index contributed by atoms with van der Waals surface area (Å²) < 4.78 is 8.07. The van der Waals surface area contributed by atoms with Gasteiger partial charge in [0, 0.05) is 23.9 Å². The van der Waals surface area contributed by atoms with Gasteiger partial charge in [0.15, 0.2) is 5.65 Å². The molecule has 1 saturated heterocycles. The zero-order valence-corrected chi connectivity index (χ0v) is 15.8. The van der Waals surface area contributed by atoms with Crippen molar-refractivity contribution in [1.29, 1.82) is 0 Å². The Morgan fingerprint density at radius 2 is 1.89 bits per heavy atom. The lowest BCUT2D eigenvalue weighted by Gasteiger charge is -2.26. The first-order valence-electron chi connectivity index (χ1n) is 9.10. The fraction of sp³-hybridized carbons (Fsp3) is 0.474. The summed E-state index contributed by atoms with van der Waals surface area (Å²) in [5.41, 5.74) is 0.625. The topological polar surface area (TPSA) is 81.7 Å². The molecule has 3 heterocycles. The Labute approximate surface area is 156 Å². The van der Waals surface area contributed by atoms with E-state index in [2.05, 4.69) is 5.10 Å². The molecule has 0 N–H and O–H groups in total. The fourth-order valence-corrected chi connectivity index (χ4v) is 3.34. The van der Waals surface area contributed by atoms with E-state index in [0.29, 0.717) is 37.8 Å². The Morgan fingerprint density at radius 3 is 2.59 bits per heavy atom. The predicted molar refractivity (Wildman–Crippen MR) is 101 cm³/mol. The van der Waals surface area contributed by atoms with E-state index in [0.717, 1.165) is 10.9 Å². The largest absolute Gasteiger partial charge is 0.378 e. The Kier molecular flexibility index (Phi) is 4.22. The number of carbonyl (C=O) groups is 1. The van der Waals surface area contributed by atoms with Gasteiger partial charge in [0.1, 0.15) is 12.4 Å². The molecule has 0 atom stereocenters. The maximum absolute atomic E-state index is 13.1. The van der Waals surface area contributed by atoms with Crippen molar-refractivity contribution < 1.29 is 9.53 Å². The van der Waals surface area contributed by atoms with Crippen LogP contribution in [-0.4, -0.2) is 56.3 Å². The number of nitrogens with zero attached hydrogens (tertiary/aromatic N) is 5. The number of carbonyl (C=O) groups excluding carboxylic acids is 1. The van der Waals surface area contributed by atoms with Gasteiger partial charge in [0.05, 0.1) is 18.7 Å². The number of benzene rings is 1. The summed E-state index contributed by atoms with van der Waals surface area (Å²) in [5, 5.41) is 5.29. The summed E-state index contributed by atoms with van der Waals surface area (Å²) >= 11 is 0. The number of fused-ring (bicyclic) bond motifs is 3. The Morgan fingerprint density at radius 1 is 1.19 bits per heavy atom. The molecule has 1 aliphatic heterocycles. The van der Waals surface area contributed by atoms with Crippen LogP contribution in [0.15, 0.2) is 29.1 Å². The molecule has 0 unspecified atom stereocenters. The minimum atomic E-state index is -0.353. The van der Waals surface area contributed by atoms with Crippen LogP contribution in [0, 0.1) is 0 Å². The Bertz CT molecular complexity index is 1070. The molecule has 142 valence electrons. The van der Waals surface area contributed by atoms with Crippen molar-refractivity contribution in [2.45, 2.75) is 32.7 Å². The second kappa shape index (κ2) is 6.45. The van der Waals surface area contributed by atoms with E-state index in [1.165, 1.54) is 9.08 Å². The van der Waals surface area contributed by atoms with Crippen molar-refractivity contribution >= 4 is 22.5 Å². The van der Waals surface area contributed by atoms with Gasteiger partial charge in [-0.1, -0.05) is 32.9 Å². The first-order valence-corrected chi connectivity index (χ1v) is 9.10. The Hall–Kier alpha value is -2.74. The van der Waals surface area contributed by atoms with E-state index in [9.17, 15) is 9.59 Å². The molecule has 8 heteroatoms. The lowest BCUT2D eigenvalue weighted by atomic mass is 9.95. The molecule has 0 spiro atoms. The van der Waals surface area contributed by atoms with Crippen LogP contribution in [-0.2, 0) is 21.5 Å². The van der Waals surface area contributed by atoms with Crippen LogP contribution in [0.5, 0.6) is 0 Å². The van der Waals surface area contributed by atoms with Crippen LogP contribution >= 0.6 is 0 Å². The molecule has 4 rings (SSSR count). The molecule has 8 nitrogen and oxygen atoms in total. The van der Waals surface area contributed by atoms with E-state index in [1.807, 2.05) is 45.0 Å². The average Bonchev–Trinajstić information content (AvgIpc) is 2.97. The van der Waals surface area contributed by atoms with E-state index in [1.54, 1.807) is 4.90 Å². The SMILES string of the molecule is CC(C)(C)c1nc2ccccc2c2nn(CC(=O)N3CCOCC3)c(=O)n12. The van der Waals surface area contributed by atoms with Crippen LogP contribution in [0.2, 0.25) is 0 Å². The number of para-hydroxylation sites is 1. The maximum atomic E-state index is 13.1. The highest BCUT2D eigenvalue weighted by Gasteiger charge is 2.26. The van der Waals surface area contributed by atoms with E-state index < -0.39 is 0 Å². The predicted octanol–water partition coefficient (Wildman–Crippen LogP) is 1.20. The lowest BCUT2D eigenvalue weighted by molar-refractivity contribution is -0.136. The second-order valence-corrected chi connectivity index (χ2v) is 7.79. The fourth-order valence-electron chi connectivity index (χ4n) is 3.34. The minimum absolute atomic E-state index is 0.0849. The van der Waals surface area contributed by atoms with Crippen LogP contribution < -0.4 is 5.69 Å². The van der Waals surface area contributed by atoms with Crippen molar-refractivity contribution in [1.82, 2.24) is 24.1 Å². The quantitative estimate of drug-likeness (QED) is 0.678. The van der Waals surface area contributed by atoms with Gasteiger partial charge in [0.2, 0.25) is 5.91 Å². The first kappa shape index (κ1) is 17.7. The van der Waals surface area contributed by atoms with Gasteiger partial charge in [0.25, 0.3) is 0 Å². The zero-order valence-electron chi connectivity index (χ0n) is 15.8. The number of hydrogen-bond donors (Lipinski definition) is 0. The molecule has 1 aromatic carbocycles. The van der Waals surface area contributed by atoms with Gasteiger partial charge < -0.3 is 9.64 Å². The van der Waals surface area contributed by atoms with Gasteiger partial charge in [-0.2, -0.15) is 0 Å². The highest BCUT2D eigenvalue weighted by Crippen LogP contribution is 2.24. The minimum Gasteiger partial charge on any atom is -0.378 e. The molecule has 0 bridgehead atoms. The summed E-state index contributed by atoms with van der Waals surface area (Å²) in [6.45, 7) is 8.06. The van der Waals surface area contributed by atoms with Gasteiger partial charge in [-0.15, -0.1) is 5.10 Å². The third kappa shape index (κ3) is 3.10. The third-order valence-electron chi connectivity index (χ3n) is 4.74. The molecule has 0 saturated carbocycles. The molecule has 3 aromatic rings.